The van der Waals surface area contributed by atoms with E-state index in [1.54, 1.807) is 0 Å². The molecule has 0 bridgehead atoms. The highest BCUT2D eigenvalue weighted by Crippen LogP contribution is 2.40. The van der Waals surface area contributed by atoms with E-state index < -0.39 is 0 Å². The largest absolute Gasteiger partial charge is 0.230 e. The summed E-state index contributed by atoms with van der Waals surface area (Å²) >= 11 is 3.74. The Labute approximate surface area is 125 Å². The molecule has 0 spiro atoms. The third-order valence-electron chi connectivity index (χ3n) is 3.76. The molecule has 0 N–H and O–H groups in total. The van der Waals surface area contributed by atoms with E-state index in [1.165, 1.54) is 36.3 Å². The smallest absolute Gasteiger partial charge is 0.200 e. The van der Waals surface area contributed by atoms with E-state index in [9.17, 15) is 0 Å². The van der Waals surface area contributed by atoms with Crippen LogP contribution in [0.3, 0.4) is 0 Å². The molecule has 0 aliphatic heterocycles. The number of aromatic nitrogens is 1. The Morgan fingerprint density at radius 1 is 1.00 bits per heavy atom. The lowest BCUT2D eigenvalue weighted by Crippen LogP contribution is -2.30. The highest BCUT2D eigenvalue weighted by atomic mass is 32.1. The minimum Gasteiger partial charge on any atom is -0.200 e. The van der Waals surface area contributed by atoms with Gasteiger partial charge in [-0.2, -0.15) is 4.57 Å². The van der Waals surface area contributed by atoms with E-state index in [0.717, 1.165) is 0 Å². The van der Waals surface area contributed by atoms with Gasteiger partial charge in [0.2, 0.25) is 5.69 Å². The van der Waals surface area contributed by atoms with Gasteiger partial charge in [0.15, 0.2) is 6.20 Å². The first-order valence-corrected chi connectivity index (χ1v) is 8.29. The Morgan fingerprint density at radius 3 is 2.70 bits per heavy atom. The minimum absolute atomic E-state index is 1.33. The van der Waals surface area contributed by atoms with Crippen LogP contribution < -0.4 is 4.57 Å². The van der Waals surface area contributed by atoms with Gasteiger partial charge in [0.1, 0.15) is 11.7 Å². The maximum atomic E-state index is 2.24. The molecule has 20 heavy (non-hydrogen) atoms. The average molecular weight is 296 g/mol. The molecule has 1 nitrogen and oxygen atoms in total. The zero-order valence-electron chi connectivity index (χ0n) is 11.4. The number of fused-ring (bicyclic) bond motifs is 3. The fourth-order valence-corrected chi connectivity index (χ4v) is 5.17. The summed E-state index contributed by atoms with van der Waals surface area (Å²) in [5, 5.41) is 3.57. The van der Waals surface area contributed by atoms with Gasteiger partial charge in [-0.05, 0) is 30.0 Å². The molecule has 0 unspecified atom stereocenters. The number of benzene rings is 1. The van der Waals surface area contributed by atoms with Crippen LogP contribution in [0.4, 0.5) is 0 Å². The van der Waals surface area contributed by atoms with Crippen molar-refractivity contribution in [1.82, 2.24) is 0 Å². The summed E-state index contributed by atoms with van der Waals surface area (Å²) in [5.41, 5.74) is 3.98. The van der Waals surface area contributed by atoms with E-state index in [1.807, 2.05) is 22.7 Å². The Hall–Kier alpha value is -1.71. The summed E-state index contributed by atoms with van der Waals surface area (Å²) in [4.78, 5) is 0. The van der Waals surface area contributed by atoms with Gasteiger partial charge in [-0.1, -0.05) is 18.2 Å². The molecule has 0 radical (unpaired) electrons. The normalized spacial score (nSPS) is 11.5. The van der Waals surface area contributed by atoms with Crippen LogP contribution in [-0.2, 0) is 7.05 Å². The Kier molecular flexibility index (Phi) is 2.65. The summed E-state index contributed by atoms with van der Waals surface area (Å²) in [6, 6.07) is 13.1. The second-order valence-electron chi connectivity index (χ2n) is 5.05. The number of nitrogens with zero attached hydrogens (tertiary/aromatic N) is 1. The number of rotatable bonds is 1. The zero-order valence-corrected chi connectivity index (χ0v) is 13.0. The SMILES string of the molecule is Cc1ccccc1-c1c2sc3ccsc3c2cc[n+]1C. The monoisotopic (exact) mass is 296 g/mol. The molecule has 1 aromatic carbocycles. The molecule has 0 saturated carbocycles. The highest BCUT2D eigenvalue weighted by Gasteiger charge is 2.20. The summed E-state index contributed by atoms with van der Waals surface area (Å²) in [6.45, 7) is 2.18. The van der Waals surface area contributed by atoms with Crippen molar-refractivity contribution in [3.05, 3.63) is 53.5 Å². The molecule has 4 aromatic rings. The van der Waals surface area contributed by atoms with Crippen molar-refractivity contribution in [2.45, 2.75) is 6.92 Å². The average Bonchev–Trinajstić information content (AvgIpc) is 3.00. The Morgan fingerprint density at radius 2 is 1.85 bits per heavy atom. The highest BCUT2D eigenvalue weighted by molar-refractivity contribution is 7.32. The van der Waals surface area contributed by atoms with Crippen molar-refractivity contribution < 1.29 is 4.57 Å². The van der Waals surface area contributed by atoms with E-state index in [0.29, 0.717) is 0 Å². The maximum absolute atomic E-state index is 2.24. The second-order valence-corrected chi connectivity index (χ2v) is 7.02. The van der Waals surface area contributed by atoms with Gasteiger partial charge in [-0.25, -0.2) is 0 Å². The number of thiophene rings is 2. The van der Waals surface area contributed by atoms with Gasteiger partial charge in [0.25, 0.3) is 0 Å². The van der Waals surface area contributed by atoms with Gasteiger partial charge in [0, 0.05) is 16.2 Å². The van der Waals surface area contributed by atoms with Crippen molar-refractivity contribution >= 4 is 42.2 Å². The molecule has 0 amide bonds. The van der Waals surface area contributed by atoms with E-state index >= 15 is 0 Å². The van der Waals surface area contributed by atoms with Gasteiger partial charge in [-0.15, -0.1) is 22.7 Å². The van der Waals surface area contributed by atoms with E-state index in [-0.39, 0.29) is 0 Å². The van der Waals surface area contributed by atoms with E-state index in [4.69, 9.17) is 0 Å². The molecule has 0 aliphatic rings. The van der Waals surface area contributed by atoms with Crippen LogP contribution in [0.15, 0.2) is 48.0 Å². The van der Waals surface area contributed by atoms with E-state index in [2.05, 4.69) is 66.5 Å². The molecular formula is C17H14NS2+. The fraction of sp³-hybridized carbons (Fsp3) is 0.118. The lowest BCUT2D eigenvalue weighted by atomic mass is 10.0. The van der Waals surface area contributed by atoms with Gasteiger partial charge in [-0.3, -0.25) is 0 Å². The standard InChI is InChI=1S/C17H14NS2/c1-11-5-3-4-6-12(11)15-17-13(7-9-18(15)2)16-14(20-17)8-10-19-16/h3-10H,1-2H3/q+1. The lowest BCUT2D eigenvalue weighted by molar-refractivity contribution is -0.659. The predicted molar refractivity (Wildman–Crippen MR) is 88.6 cm³/mol. The van der Waals surface area contributed by atoms with Crippen LogP contribution in [0.25, 0.3) is 30.7 Å². The number of hydrogen-bond donors (Lipinski definition) is 0. The molecule has 0 aliphatic carbocycles. The third kappa shape index (κ3) is 1.63. The van der Waals surface area contributed by atoms with Gasteiger partial charge < -0.3 is 0 Å². The molecule has 0 atom stereocenters. The molecular weight excluding hydrogens is 282 g/mol. The Balaban J connectivity index is 2.17. The first-order chi connectivity index (χ1) is 9.75. The minimum atomic E-state index is 1.33. The van der Waals surface area contributed by atoms with Crippen molar-refractivity contribution in [2.75, 3.05) is 0 Å². The lowest BCUT2D eigenvalue weighted by Gasteiger charge is -2.05. The molecule has 3 heteroatoms. The van der Waals surface area contributed by atoms with Crippen molar-refractivity contribution in [3.63, 3.8) is 0 Å². The summed E-state index contributed by atoms with van der Waals surface area (Å²) < 4.78 is 6.45. The van der Waals surface area contributed by atoms with Crippen LogP contribution in [0, 0.1) is 6.92 Å². The van der Waals surface area contributed by atoms with Crippen LogP contribution >= 0.6 is 22.7 Å². The first-order valence-electron chi connectivity index (χ1n) is 6.60. The number of pyridine rings is 1. The fourth-order valence-electron chi connectivity index (χ4n) is 2.74. The summed E-state index contributed by atoms with van der Waals surface area (Å²) in [5.74, 6) is 0. The van der Waals surface area contributed by atoms with Gasteiger partial charge in [0.05, 0.1) is 10.3 Å². The van der Waals surface area contributed by atoms with Crippen molar-refractivity contribution in [3.8, 4) is 11.3 Å². The number of aryl methyl sites for hydroxylation is 2. The van der Waals surface area contributed by atoms with Crippen LogP contribution in [0.5, 0.6) is 0 Å². The van der Waals surface area contributed by atoms with Crippen LogP contribution in [0.2, 0.25) is 0 Å². The van der Waals surface area contributed by atoms with Crippen molar-refractivity contribution in [1.29, 1.82) is 0 Å². The molecule has 0 fully saturated rings. The van der Waals surface area contributed by atoms with Crippen LogP contribution in [0.1, 0.15) is 5.56 Å². The second kappa shape index (κ2) is 4.40. The maximum Gasteiger partial charge on any atom is 0.230 e. The summed E-state index contributed by atoms with van der Waals surface area (Å²) in [6.07, 6.45) is 2.18. The number of hydrogen-bond acceptors (Lipinski definition) is 2. The molecule has 0 saturated heterocycles. The first kappa shape index (κ1) is 12.1. The zero-order chi connectivity index (χ0) is 13.7. The molecule has 98 valence electrons. The van der Waals surface area contributed by atoms with Crippen molar-refractivity contribution in [2.24, 2.45) is 7.05 Å². The Bertz CT molecular complexity index is 931. The third-order valence-corrected chi connectivity index (χ3v) is 6.02. The van der Waals surface area contributed by atoms with Gasteiger partial charge >= 0.3 is 0 Å². The quantitative estimate of drug-likeness (QED) is 0.439. The molecule has 3 aromatic heterocycles. The van der Waals surface area contributed by atoms with Crippen LogP contribution in [-0.4, -0.2) is 0 Å². The molecule has 4 rings (SSSR count). The molecule has 3 heterocycles. The summed E-state index contributed by atoms with van der Waals surface area (Å²) in [7, 11) is 2.13. The topological polar surface area (TPSA) is 3.88 Å². The predicted octanol–water partition coefficient (Wildman–Crippen LogP) is 4.92.